The van der Waals surface area contributed by atoms with E-state index in [-0.39, 0.29) is 24.7 Å². The average Bonchev–Trinajstić information content (AvgIpc) is 2.94. The summed E-state index contributed by atoms with van der Waals surface area (Å²) in [7, 11) is -3.41. The maximum absolute atomic E-state index is 12.1. The number of aryl methyl sites for hydroxylation is 1. The number of rotatable bonds is 6. The molecule has 1 atom stereocenters. The maximum Gasteiger partial charge on any atom is 0.245 e. The zero-order chi connectivity index (χ0) is 15.5. The zero-order valence-corrected chi connectivity index (χ0v) is 12.8. The second-order valence-electron chi connectivity index (χ2n) is 4.86. The number of hydrogen-bond acceptors (Lipinski definition) is 6. The third kappa shape index (κ3) is 3.48. The zero-order valence-electron chi connectivity index (χ0n) is 12.0. The van der Waals surface area contributed by atoms with E-state index >= 15 is 0 Å². The third-order valence-corrected chi connectivity index (χ3v) is 5.44. The van der Waals surface area contributed by atoms with E-state index in [0.717, 1.165) is 11.1 Å². The normalized spacial score (nSPS) is 13.3. The average molecular weight is 310 g/mol. The maximum atomic E-state index is 12.1. The van der Waals surface area contributed by atoms with Crippen LogP contribution in [0.3, 0.4) is 0 Å². The summed E-state index contributed by atoms with van der Waals surface area (Å²) in [6, 6.07) is 7.54. The number of sulfone groups is 1. The molecule has 0 amide bonds. The van der Waals surface area contributed by atoms with Gasteiger partial charge < -0.3 is 9.63 Å². The van der Waals surface area contributed by atoms with E-state index in [0.29, 0.717) is 5.82 Å². The minimum atomic E-state index is -3.41. The topological polar surface area (TPSA) is 93.3 Å². The van der Waals surface area contributed by atoms with Gasteiger partial charge in [-0.1, -0.05) is 29.4 Å². The van der Waals surface area contributed by atoms with Gasteiger partial charge in [-0.05, 0) is 25.8 Å². The Hall–Kier alpha value is -1.73. The summed E-state index contributed by atoms with van der Waals surface area (Å²) < 4.78 is 29.2. The quantitative estimate of drug-likeness (QED) is 0.876. The Morgan fingerprint density at radius 2 is 2.05 bits per heavy atom. The van der Waals surface area contributed by atoms with Crippen LogP contribution >= 0.6 is 0 Å². The molecule has 1 unspecified atom stereocenters. The molecule has 2 aromatic rings. The Kier molecular flexibility index (Phi) is 4.74. The van der Waals surface area contributed by atoms with Crippen LogP contribution in [0.15, 0.2) is 28.8 Å². The molecule has 2 rings (SSSR count). The summed E-state index contributed by atoms with van der Waals surface area (Å²) in [5.74, 6) is 0.353. The van der Waals surface area contributed by atoms with Crippen molar-refractivity contribution >= 4 is 9.84 Å². The smallest absolute Gasteiger partial charge is 0.245 e. The highest BCUT2D eigenvalue weighted by Gasteiger charge is 2.27. The summed E-state index contributed by atoms with van der Waals surface area (Å²) in [6.07, 6.45) is 0.200. The second-order valence-corrected chi connectivity index (χ2v) is 7.30. The molecule has 0 fully saturated rings. The number of hydrogen-bond donors (Lipinski definition) is 1. The Bertz CT molecular complexity index is 709. The summed E-state index contributed by atoms with van der Waals surface area (Å²) in [5, 5.41) is 11.7. The predicted octanol–water partition coefficient (Wildman–Crippen LogP) is 1.90. The van der Waals surface area contributed by atoms with Crippen molar-refractivity contribution in [3.05, 3.63) is 35.7 Å². The van der Waals surface area contributed by atoms with Gasteiger partial charge in [-0.25, -0.2) is 8.42 Å². The molecular weight excluding hydrogens is 292 g/mol. The van der Waals surface area contributed by atoms with Crippen molar-refractivity contribution in [3.63, 3.8) is 0 Å². The Balaban J connectivity index is 2.26. The highest BCUT2D eigenvalue weighted by Crippen LogP contribution is 2.25. The lowest BCUT2D eigenvalue weighted by molar-refractivity contribution is 0.295. The second kappa shape index (κ2) is 6.36. The van der Waals surface area contributed by atoms with Gasteiger partial charge in [-0.3, -0.25) is 0 Å². The molecule has 1 aromatic heterocycles. The minimum absolute atomic E-state index is 0.0752. The lowest BCUT2D eigenvalue weighted by Gasteiger charge is -2.07. The van der Waals surface area contributed by atoms with Gasteiger partial charge in [0.2, 0.25) is 11.7 Å². The van der Waals surface area contributed by atoms with Crippen LogP contribution in [0.5, 0.6) is 0 Å². The van der Waals surface area contributed by atoms with Crippen molar-refractivity contribution in [1.29, 1.82) is 0 Å². The number of benzene rings is 1. The van der Waals surface area contributed by atoms with Gasteiger partial charge in [0.05, 0.1) is 5.75 Å². The fraction of sp³-hybridized carbons (Fsp3) is 0.429. The lowest BCUT2D eigenvalue weighted by atomic mass is 10.1. The molecule has 21 heavy (non-hydrogen) atoms. The number of aliphatic hydroxyl groups excluding tert-OH is 1. The fourth-order valence-electron chi connectivity index (χ4n) is 1.93. The van der Waals surface area contributed by atoms with Crippen LogP contribution in [0.2, 0.25) is 0 Å². The van der Waals surface area contributed by atoms with Crippen LogP contribution in [0.1, 0.15) is 30.0 Å². The third-order valence-electron chi connectivity index (χ3n) is 3.30. The predicted molar refractivity (Wildman–Crippen MR) is 78.4 cm³/mol. The Morgan fingerprint density at radius 1 is 1.33 bits per heavy atom. The Labute approximate surface area is 123 Å². The van der Waals surface area contributed by atoms with Crippen molar-refractivity contribution in [1.82, 2.24) is 10.1 Å². The lowest BCUT2D eigenvalue weighted by Crippen LogP contribution is -2.15. The van der Waals surface area contributed by atoms with Crippen LogP contribution < -0.4 is 0 Å². The molecule has 0 bridgehead atoms. The number of aromatic nitrogens is 2. The van der Waals surface area contributed by atoms with Crippen LogP contribution in [-0.2, 0) is 9.84 Å². The van der Waals surface area contributed by atoms with Crippen molar-refractivity contribution in [2.75, 3.05) is 12.4 Å². The first-order chi connectivity index (χ1) is 9.95. The number of nitrogens with zero attached hydrogens (tertiary/aromatic N) is 2. The largest absolute Gasteiger partial charge is 0.396 e. The van der Waals surface area contributed by atoms with E-state index in [1.165, 1.54) is 6.92 Å². The molecule has 0 radical (unpaired) electrons. The van der Waals surface area contributed by atoms with Gasteiger partial charge in [0.15, 0.2) is 9.84 Å². The highest BCUT2D eigenvalue weighted by molar-refractivity contribution is 7.91. The van der Waals surface area contributed by atoms with Crippen LogP contribution in [0, 0.1) is 6.92 Å². The first-order valence-corrected chi connectivity index (χ1v) is 8.39. The summed E-state index contributed by atoms with van der Waals surface area (Å²) in [4.78, 5) is 4.20. The molecule has 114 valence electrons. The first kappa shape index (κ1) is 15.7. The monoisotopic (exact) mass is 310 g/mol. The van der Waals surface area contributed by atoms with Gasteiger partial charge in [-0.15, -0.1) is 0 Å². The summed E-state index contributed by atoms with van der Waals surface area (Å²) in [5.41, 5.74) is 1.80. The molecule has 1 aromatic carbocycles. The van der Waals surface area contributed by atoms with Gasteiger partial charge in [-0.2, -0.15) is 4.98 Å². The van der Waals surface area contributed by atoms with Crippen molar-refractivity contribution in [2.45, 2.75) is 25.5 Å². The molecule has 0 aliphatic carbocycles. The molecule has 0 saturated heterocycles. The number of aliphatic hydroxyl groups is 1. The van der Waals surface area contributed by atoms with E-state index in [1.807, 2.05) is 31.2 Å². The van der Waals surface area contributed by atoms with E-state index in [9.17, 15) is 8.42 Å². The first-order valence-electron chi connectivity index (χ1n) is 6.67. The van der Waals surface area contributed by atoms with Crippen molar-refractivity contribution in [3.8, 4) is 11.4 Å². The van der Waals surface area contributed by atoms with Crippen LogP contribution in [0.4, 0.5) is 0 Å². The van der Waals surface area contributed by atoms with Crippen molar-refractivity contribution < 1.29 is 18.0 Å². The molecule has 7 heteroatoms. The van der Waals surface area contributed by atoms with Crippen molar-refractivity contribution in [2.24, 2.45) is 0 Å². The van der Waals surface area contributed by atoms with Gasteiger partial charge in [0.1, 0.15) is 5.25 Å². The van der Waals surface area contributed by atoms with Gasteiger partial charge in [0.25, 0.3) is 0 Å². The van der Waals surface area contributed by atoms with E-state index < -0.39 is 15.1 Å². The van der Waals surface area contributed by atoms with E-state index in [1.54, 1.807) is 0 Å². The molecular formula is C14H18N2O4S. The van der Waals surface area contributed by atoms with Gasteiger partial charge in [0, 0.05) is 12.2 Å². The molecule has 6 nitrogen and oxygen atoms in total. The van der Waals surface area contributed by atoms with Gasteiger partial charge >= 0.3 is 0 Å². The SMILES string of the molecule is Cc1ccccc1-c1noc(C(C)S(=O)(=O)CCCO)n1. The minimum Gasteiger partial charge on any atom is -0.396 e. The van der Waals surface area contributed by atoms with Crippen LogP contribution in [0.25, 0.3) is 11.4 Å². The van der Waals surface area contributed by atoms with Crippen LogP contribution in [-0.4, -0.2) is 36.0 Å². The molecule has 1 N–H and O–H groups in total. The molecule has 1 heterocycles. The van der Waals surface area contributed by atoms with E-state index in [2.05, 4.69) is 10.1 Å². The van der Waals surface area contributed by atoms with E-state index in [4.69, 9.17) is 9.63 Å². The fourth-order valence-corrected chi connectivity index (χ4v) is 3.22. The standard InChI is InChI=1S/C14H18N2O4S/c1-10-6-3-4-7-12(10)13-15-14(20-16-13)11(2)21(18,19)9-5-8-17/h3-4,6-7,11,17H,5,8-9H2,1-2H3. The summed E-state index contributed by atoms with van der Waals surface area (Å²) in [6.45, 7) is 3.28. The summed E-state index contributed by atoms with van der Waals surface area (Å²) >= 11 is 0. The Morgan fingerprint density at radius 3 is 2.71 bits per heavy atom. The highest BCUT2D eigenvalue weighted by atomic mass is 32.2. The molecule has 0 aliphatic rings. The molecule has 0 saturated carbocycles. The molecule has 0 spiro atoms. The molecule has 0 aliphatic heterocycles.